The smallest absolute Gasteiger partial charge is 0.352 e. The quantitative estimate of drug-likeness (QED) is 0.255. The summed E-state index contributed by atoms with van der Waals surface area (Å²) in [5.74, 6) is 1.31. The van der Waals surface area contributed by atoms with Gasteiger partial charge in [0, 0.05) is 25.1 Å². The van der Waals surface area contributed by atoms with E-state index in [9.17, 15) is 9.59 Å². The first-order valence-electron chi connectivity index (χ1n) is 10.9. The van der Waals surface area contributed by atoms with Gasteiger partial charge in [0.2, 0.25) is 0 Å². The molecular weight excluding hydrogens is 432 g/mol. The van der Waals surface area contributed by atoms with E-state index in [1.54, 1.807) is 18.2 Å². The van der Waals surface area contributed by atoms with Gasteiger partial charge in [-0.2, -0.15) is 5.10 Å². The second kappa shape index (κ2) is 11.0. The summed E-state index contributed by atoms with van der Waals surface area (Å²) in [7, 11) is 0. The summed E-state index contributed by atoms with van der Waals surface area (Å²) >= 11 is 0. The van der Waals surface area contributed by atoms with E-state index in [0.717, 1.165) is 16.9 Å². The fourth-order valence-electron chi connectivity index (χ4n) is 3.43. The number of aromatic nitrogens is 2. The van der Waals surface area contributed by atoms with Gasteiger partial charge in [0.1, 0.15) is 11.5 Å². The van der Waals surface area contributed by atoms with E-state index in [0.29, 0.717) is 36.6 Å². The molecule has 34 heavy (non-hydrogen) atoms. The maximum atomic E-state index is 12.4. The molecule has 0 radical (unpaired) electrons. The summed E-state index contributed by atoms with van der Waals surface area (Å²) in [6.07, 6.45) is 1.39. The topological polar surface area (TPSA) is 79.7 Å². The maximum absolute atomic E-state index is 12.4. The number of nitrogens with zero attached hydrogens (tertiary/aromatic N) is 2. The molecule has 0 unspecified atom stereocenters. The van der Waals surface area contributed by atoms with Crippen LogP contribution in [0, 0.1) is 0 Å². The minimum atomic E-state index is -0.522. The van der Waals surface area contributed by atoms with Crippen LogP contribution in [0.25, 0.3) is 11.3 Å². The number of ether oxygens (including phenoxy) is 1. The van der Waals surface area contributed by atoms with Crippen molar-refractivity contribution in [2.24, 2.45) is 0 Å². The number of carbonyl (C=O) groups excluding carboxylic acids is 1. The minimum Gasteiger partial charge on any atom is -0.457 e. The van der Waals surface area contributed by atoms with Crippen LogP contribution in [-0.4, -0.2) is 15.7 Å². The van der Waals surface area contributed by atoms with Crippen LogP contribution in [0.1, 0.15) is 18.9 Å². The summed E-state index contributed by atoms with van der Waals surface area (Å²) in [4.78, 5) is 32.9. The predicted octanol–water partition coefficient (Wildman–Crippen LogP) is 5.19. The fraction of sp³-hybridized carbons (Fsp3) is 0.148. The van der Waals surface area contributed by atoms with Crippen molar-refractivity contribution in [1.29, 1.82) is 0 Å². The second-order valence-electron chi connectivity index (χ2n) is 7.60. The number of rotatable bonds is 9. The summed E-state index contributed by atoms with van der Waals surface area (Å²) in [6, 6.07) is 27.6. The molecule has 172 valence electrons. The lowest BCUT2D eigenvalue weighted by Gasteiger charge is -2.12. The van der Waals surface area contributed by atoms with E-state index >= 15 is 0 Å². The molecule has 0 saturated heterocycles. The number of hydrogen-bond acceptors (Lipinski definition) is 6. The molecule has 3 aromatic carbocycles. The molecule has 4 aromatic rings. The number of hydrogen-bond donors (Lipinski definition) is 0. The van der Waals surface area contributed by atoms with Crippen LogP contribution in [0.2, 0.25) is 0 Å². The Morgan fingerprint density at radius 2 is 1.65 bits per heavy atom. The van der Waals surface area contributed by atoms with E-state index in [1.165, 1.54) is 17.7 Å². The van der Waals surface area contributed by atoms with Gasteiger partial charge in [-0.3, -0.25) is 14.6 Å². The third-order valence-electron chi connectivity index (χ3n) is 4.99. The lowest BCUT2D eigenvalue weighted by atomic mass is 10.1. The first-order valence-corrected chi connectivity index (χ1v) is 10.9. The van der Waals surface area contributed by atoms with Crippen LogP contribution in [0.5, 0.6) is 17.2 Å². The summed E-state index contributed by atoms with van der Waals surface area (Å²) < 4.78 is 7.51. The van der Waals surface area contributed by atoms with Gasteiger partial charge in [-0.25, -0.2) is 9.48 Å². The Bertz CT molecular complexity index is 1320. The van der Waals surface area contributed by atoms with Gasteiger partial charge in [-0.05, 0) is 60.9 Å². The van der Waals surface area contributed by atoms with Gasteiger partial charge in [0.15, 0.2) is 5.75 Å². The summed E-state index contributed by atoms with van der Waals surface area (Å²) in [5.41, 5.74) is 2.28. The molecule has 0 aliphatic carbocycles. The Kier molecular flexibility index (Phi) is 7.35. The molecule has 7 heteroatoms. The number of benzene rings is 3. The van der Waals surface area contributed by atoms with E-state index in [-0.39, 0.29) is 5.56 Å². The Hall–Kier alpha value is -4.39. The molecule has 4 rings (SSSR count). The molecule has 0 aliphatic rings. The van der Waals surface area contributed by atoms with Gasteiger partial charge >= 0.3 is 5.97 Å². The van der Waals surface area contributed by atoms with Gasteiger partial charge in [0.25, 0.3) is 5.56 Å². The average molecular weight is 456 g/mol. The molecule has 0 amide bonds. The number of aryl methyl sites for hydroxylation is 2. The zero-order valence-corrected chi connectivity index (χ0v) is 18.7. The Labute approximate surface area is 197 Å². The minimum absolute atomic E-state index is 0.169. The average Bonchev–Trinajstić information content (AvgIpc) is 2.85. The van der Waals surface area contributed by atoms with Crippen molar-refractivity contribution in [3.8, 4) is 28.5 Å². The molecule has 0 fully saturated rings. The van der Waals surface area contributed by atoms with Gasteiger partial charge in [-0.1, -0.05) is 42.5 Å². The molecule has 0 saturated carbocycles. The van der Waals surface area contributed by atoms with Crippen molar-refractivity contribution in [1.82, 2.24) is 9.78 Å². The normalized spacial score (nSPS) is 10.5. The lowest BCUT2D eigenvalue weighted by molar-refractivity contribution is -0.210. The fourth-order valence-corrected chi connectivity index (χ4v) is 3.43. The number of carbonyl (C=O) groups is 1. The Morgan fingerprint density at radius 1 is 0.882 bits per heavy atom. The van der Waals surface area contributed by atoms with Crippen molar-refractivity contribution in [3.05, 3.63) is 107 Å². The zero-order chi connectivity index (χ0) is 23.8. The van der Waals surface area contributed by atoms with Crippen LogP contribution in [-0.2, 0) is 22.6 Å². The van der Waals surface area contributed by atoms with E-state index in [2.05, 4.69) is 9.99 Å². The molecule has 0 bridgehead atoms. The molecule has 1 heterocycles. The van der Waals surface area contributed by atoms with E-state index in [4.69, 9.17) is 9.62 Å². The Morgan fingerprint density at radius 3 is 2.47 bits per heavy atom. The number of para-hydroxylation sites is 2. The van der Waals surface area contributed by atoms with Crippen molar-refractivity contribution in [2.75, 3.05) is 0 Å². The summed E-state index contributed by atoms with van der Waals surface area (Å²) in [5, 5.41) is 4.58. The SMILES string of the molecule is CC(=O)OOc1cccc(CCCn2nc(-c3ccccc3Oc3ccccc3)ccc2=O)c1. The van der Waals surface area contributed by atoms with Crippen LogP contribution in [0.15, 0.2) is 95.8 Å². The highest BCUT2D eigenvalue weighted by Crippen LogP contribution is 2.31. The molecule has 0 aliphatic heterocycles. The van der Waals surface area contributed by atoms with Crippen molar-refractivity contribution < 1.29 is 19.3 Å². The van der Waals surface area contributed by atoms with Gasteiger partial charge in [0.05, 0.1) is 5.69 Å². The molecule has 1 aromatic heterocycles. The highest BCUT2D eigenvalue weighted by atomic mass is 17.2. The molecule has 0 spiro atoms. The largest absolute Gasteiger partial charge is 0.457 e. The van der Waals surface area contributed by atoms with Crippen LogP contribution >= 0.6 is 0 Å². The van der Waals surface area contributed by atoms with Crippen molar-refractivity contribution >= 4 is 5.97 Å². The summed E-state index contributed by atoms with van der Waals surface area (Å²) in [6.45, 7) is 1.72. The third-order valence-corrected chi connectivity index (χ3v) is 4.99. The van der Waals surface area contributed by atoms with Gasteiger partial charge in [-0.15, -0.1) is 0 Å². The molecule has 0 N–H and O–H groups in total. The first kappa shape index (κ1) is 22.8. The third kappa shape index (κ3) is 6.10. The first-order chi connectivity index (χ1) is 16.6. The van der Waals surface area contributed by atoms with Crippen molar-refractivity contribution in [2.45, 2.75) is 26.3 Å². The highest BCUT2D eigenvalue weighted by molar-refractivity contribution is 5.67. The lowest BCUT2D eigenvalue weighted by Crippen LogP contribution is -2.22. The van der Waals surface area contributed by atoms with E-state index in [1.807, 2.05) is 66.7 Å². The van der Waals surface area contributed by atoms with Gasteiger partial charge < -0.3 is 4.74 Å². The second-order valence-corrected chi connectivity index (χ2v) is 7.60. The van der Waals surface area contributed by atoms with E-state index < -0.39 is 5.97 Å². The van der Waals surface area contributed by atoms with Crippen LogP contribution in [0.4, 0.5) is 0 Å². The molecular formula is C27H24N2O5. The van der Waals surface area contributed by atoms with Crippen LogP contribution < -0.4 is 15.2 Å². The zero-order valence-electron chi connectivity index (χ0n) is 18.7. The monoisotopic (exact) mass is 456 g/mol. The standard InChI is InChI=1S/C27H24N2O5/c1-20(30)33-34-23-13-7-9-21(19-23)10-8-18-29-27(31)17-16-25(28-29)24-14-5-6-15-26(24)32-22-11-3-2-4-12-22/h2-7,9,11-17,19H,8,10,18H2,1H3. The molecule has 7 nitrogen and oxygen atoms in total. The maximum Gasteiger partial charge on any atom is 0.352 e. The van der Waals surface area contributed by atoms with Crippen LogP contribution in [0.3, 0.4) is 0 Å². The highest BCUT2D eigenvalue weighted by Gasteiger charge is 2.10. The van der Waals surface area contributed by atoms with Crippen molar-refractivity contribution in [3.63, 3.8) is 0 Å². The molecule has 0 atom stereocenters. The Balaban J connectivity index is 1.46. The predicted molar refractivity (Wildman–Crippen MR) is 128 cm³/mol.